The quantitative estimate of drug-likeness (QED) is 0.123. The molecular formula is C44H43F4O7S-. The van der Waals surface area contributed by atoms with Gasteiger partial charge < -0.3 is 4.55 Å². The zero-order chi connectivity index (χ0) is 39.0. The summed E-state index contributed by atoms with van der Waals surface area (Å²) in [5.74, 6) is -8.80. The van der Waals surface area contributed by atoms with Crippen molar-refractivity contribution in [3.63, 3.8) is 0 Å². The first-order valence-electron chi connectivity index (χ1n) is 20.6. The van der Waals surface area contributed by atoms with Gasteiger partial charge in [0.05, 0.1) is 5.41 Å². The Bertz CT molecular complexity index is 2180. The molecule has 0 radical (unpaired) electrons. The van der Waals surface area contributed by atoms with Gasteiger partial charge >= 0.3 is 0 Å². The zero-order valence-electron chi connectivity index (χ0n) is 30.9. The fourth-order valence-corrected chi connectivity index (χ4v) is 16.3. The van der Waals surface area contributed by atoms with Crippen molar-refractivity contribution in [2.75, 3.05) is 0 Å². The summed E-state index contributed by atoms with van der Waals surface area (Å²) in [6, 6.07) is 4.01. The van der Waals surface area contributed by atoms with Crippen LogP contribution in [0.2, 0.25) is 0 Å². The minimum atomic E-state index is -5.96. The second-order valence-corrected chi connectivity index (χ2v) is 21.4. The Morgan fingerprint density at radius 1 is 0.607 bits per heavy atom. The second kappa shape index (κ2) is 11.5. The molecule has 12 heteroatoms. The number of ketones is 4. The second-order valence-electron chi connectivity index (χ2n) is 20.1. The average molecular weight is 792 g/mol. The van der Waals surface area contributed by atoms with Crippen LogP contribution >= 0.6 is 0 Å². The smallest absolute Gasteiger partial charge is 0.179 e. The van der Waals surface area contributed by atoms with E-state index in [0.29, 0.717) is 74.3 Å². The molecule has 0 heterocycles. The normalized spacial score (nSPS) is 41.4. The maximum atomic E-state index is 15.7. The van der Waals surface area contributed by atoms with Crippen molar-refractivity contribution in [1.82, 2.24) is 0 Å². The number of carbonyl (C=O) groups is 4. The molecule has 56 heavy (non-hydrogen) atoms. The summed E-state index contributed by atoms with van der Waals surface area (Å²) in [5.41, 5.74) is -1.06. The van der Waals surface area contributed by atoms with E-state index in [2.05, 4.69) is 0 Å². The third kappa shape index (κ3) is 4.74. The van der Waals surface area contributed by atoms with E-state index in [1.165, 1.54) is 0 Å². The first kappa shape index (κ1) is 35.9. The van der Waals surface area contributed by atoms with Crippen LogP contribution in [0.5, 0.6) is 0 Å². The van der Waals surface area contributed by atoms with Crippen molar-refractivity contribution >= 4 is 33.3 Å². The lowest BCUT2D eigenvalue weighted by Crippen LogP contribution is -2.57. The van der Waals surface area contributed by atoms with E-state index < -0.39 is 72.3 Å². The molecule has 7 nitrogen and oxygen atoms in total. The van der Waals surface area contributed by atoms with Crippen LogP contribution in [0.25, 0.3) is 0 Å². The summed E-state index contributed by atoms with van der Waals surface area (Å²) in [4.78, 5) is 54.7. The summed E-state index contributed by atoms with van der Waals surface area (Å²) >= 11 is 0. The van der Waals surface area contributed by atoms with Gasteiger partial charge in [0.1, 0.15) is 32.4 Å². The minimum absolute atomic E-state index is 0.0413. The maximum absolute atomic E-state index is 15.7. The lowest BCUT2D eigenvalue weighted by Gasteiger charge is -2.59. The van der Waals surface area contributed by atoms with Crippen LogP contribution in [0.4, 0.5) is 17.6 Å². The van der Waals surface area contributed by atoms with Gasteiger partial charge in [0.25, 0.3) is 0 Å². The lowest BCUT2D eigenvalue weighted by atomic mass is 9.43. The third-order valence-corrected chi connectivity index (χ3v) is 17.9. The Balaban J connectivity index is 1.16. The average Bonchev–Trinajstić information content (AvgIpc) is 3.13. The van der Waals surface area contributed by atoms with E-state index in [0.717, 1.165) is 50.5 Å². The van der Waals surface area contributed by atoms with Crippen molar-refractivity contribution in [3.8, 4) is 0 Å². The number of benzene rings is 2. The highest BCUT2D eigenvalue weighted by molar-refractivity contribution is 7.85. The number of rotatable bonds is 7. The van der Waals surface area contributed by atoms with Crippen molar-refractivity contribution in [3.05, 3.63) is 63.2 Å². The molecule has 2 aromatic carbocycles. The summed E-state index contributed by atoms with van der Waals surface area (Å²) < 4.78 is 96.7. The Morgan fingerprint density at radius 3 is 1.45 bits per heavy atom. The summed E-state index contributed by atoms with van der Waals surface area (Å²) in [7, 11) is -5.96. The predicted octanol–water partition coefficient (Wildman–Crippen LogP) is 7.51. The molecule has 0 saturated heterocycles. The minimum Gasteiger partial charge on any atom is -0.744 e. The van der Waals surface area contributed by atoms with E-state index in [4.69, 9.17) is 0 Å². The van der Waals surface area contributed by atoms with Crippen LogP contribution in [-0.4, -0.2) is 36.1 Å². The Kier molecular flexibility index (Phi) is 7.35. The van der Waals surface area contributed by atoms with Gasteiger partial charge in [-0.15, -0.1) is 0 Å². The molecule has 12 fully saturated rings. The fourth-order valence-electron chi connectivity index (χ4n) is 15.6. The number of carbonyl (C=O) groups excluding carboxylic acids is 4. The highest BCUT2D eigenvalue weighted by atomic mass is 32.2. The number of hydrogen-bond acceptors (Lipinski definition) is 7. The topological polar surface area (TPSA) is 125 Å². The monoisotopic (exact) mass is 791 g/mol. The van der Waals surface area contributed by atoms with Crippen LogP contribution in [0, 0.1) is 76.5 Å². The molecule has 0 aliphatic heterocycles. The van der Waals surface area contributed by atoms with E-state index in [-0.39, 0.29) is 64.3 Å². The highest BCUT2D eigenvalue weighted by Gasteiger charge is 2.62. The van der Waals surface area contributed by atoms with E-state index in [1.54, 1.807) is 0 Å². The van der Waals surface area contributed by atoms with Crippen LogP contribution in [0.15, 0.2) is 17.0 Å². The summed E-state index contributed by atoms with van der Waals surface area (Å²) in [6.07, 6.45) is 9.39. The predicted molar refractivity (Wildman–Crippen MR) is 189 cm³/mol. The zero-order valence-corrected chi connectivity index (χ0v) is 31.8. The van der Waals surface area contributed by atoms with Crippen LogP contribution in [0.3, 0.4) is 0 Å². The molecule has 6 unspecified atom stereocenters. The number of Topliss-reactive ketones (excluding diaryl/α,β-unsaturated/α-hetero) is 4. The van der Waals surface area contributed by atoms with Gasteiger partial charge in [-0.1, -0.05) is 12.1 Å². The van der Waals surface area contributed by atoms with Gasteiger partial charge in [0, 0.05) is 47.1 Å². The van der Waals surface area contributed by atoms with E-state index in [1.807, 2.05) is 12.1 Å². The molecule has 12 aliphatic rings. The molecule has 14 rings (SSSR count). The van der Waals surface area contributed by atoms with Crippen LogP contribution in [-0.2, 0) is 47.2 Å². The molecule has 6 atom stereocenters. The molecule has 296 valence electrons. The summed E-state index contributed by atoms with van der Waals surface area (Å²) in [6.45, 7) is 0. The van der Waals surface area contributed by atoms with Gasteiger partial charge in [-0.2, -0.15) is 0 Å². The van der Waals surface area contributed by atoms with Crippen molar-refractivity contribution in [1.29, 1.82) is 0 Å². The first-order valence-corrected chi connectivity index (χ1v) is 22.0. The molecule has 0 spiro atoms. The fraction of sp³-hybridized carbons (Fsp3) is 0.636. The molecule has 2 aromatic rings. The van der Waals surface area contributed by atoms with Gasteiger partial charge in [0.2, 0.25) is 0 Å². The van der Waals surface area contributed by atoms with Gasteiger partial charge in [-0.25, -0.2) is 26.0 Å². The standard InChI is InChI=1S/C44H44F4O7S/c45-34-29(35(46)37(48)40(36(34)47)56(53,54)55)10-32(49)33-30(42-11-21-4-24(15-42)38(50)25(5-21)16-42)8-28(44-13-19-1-20(14-44)3-23(2-19)41(44)52)9-31(33)43-12-22-6-26(17-43)39(51)27(7-22)18-43/h8-9,19-27H,1-7,10-18H2,(H,53,54,55)/p-1. The van der Waals surface area contributed by atoms with Crippen LogP contribution in [0.1, 0.15) is 129 Å². The van der Waals surface area contributed by atoms with Crippen molar-refractivity contribution < 1.29 is 49.7 Å². The largest absolute Gasteiger partial charge is 0.744 e. The number of hydrogen-bond donors (Lipinski definition) is 0. The first-order chi connectivity index (χ1) is 26.5. The van der Waals surface area contributed by atoms with E-state index >= 15 is 22.4 Å². The Hall–Kier alpha value is -3.25. The van der Waals surface area contributed by atoms with Crippen molar-refractivity contribution in [2.24, 2.45) is 53.3 Å². The molecule has 0 aromatic heterocycles. The van der Waals surface area contributed by atoms with Gasteiger partial charge in [-0.3, -0.25) is 19.2 Å². The Morgan fingerprint density at radius 2 is 1.02 bits per heavy atom. The molecule has 12 bridgehead atoms. The summed E-state index contributed by atoms with van der Waals surface area (Å²) in [5, 5.41) is 0. The van der Waals surface area contributed by atoms with Crippen LogP contribution < -0.4 is 0 Å². The maximum Gasteiger partial charge on any atom is 0.179 e. The third-order valence-electron chi connectivity index (χ3n) is 17.0. The van der Waals surface area contributed by atoms with Crippen molar-refractivity contribution in [2.45, 2.75) is 124 Å². The molecule has 12 saturated carbocycles. The molecule has 12 aliphatic carbocycles. The number of halogens is 4. The van der Waals surface area contributed by atoms with E-state index in [9.17, 15) is 27.4 Å². The van der Waals surface area contributed by atoms with Gasteiger partial charge in [0.15, 0.2) is 29.1 Å². The highest BCUT2D eigenvalue weighted by Crippen LogP contribution is 2.65. The molecular weight excluding hydrogens is 749 g/mol. The SMILES string of the molecule is O=C(Cc1c(F)c(F)c(S(=O)(=O)[O-])c(F)c1F)c1c(C23CC4CC(C2)C(=O)C(C4)C3)cc(C23CC4CC(CC(C4)C2=O)C3)cc1C12CC3CC(C1)C(=O)C(C3)C2. The lowest BCUT2D eigenvalue weighted by molar-refractivity contribution is -0.143. The van der Waals surface area contributed by atoms with Gasteiger partial charge in [-0.05, 0) is 148 Å². The Labute approximate surface area is 322 Å². The molecule has 0 amide bonds. The molecule has 0 N–H and O–H groups in total.